The minimum atomic E-state index is -1.20. The molecule has 0 saturated carbocycles. The minimum Gasteiger partial charge on any atom is -0.493 e. The van der Waals surface area contributed by atoms with E-state index in [0.29, 0.717) is 18.5 Å². The van der Waals surface area contributed by atoms with Gasteiger partial charge in [0.05, 0.1) is 11.8 Å². The zero-order valence-electron chi connectivity index (χ0n) is 13.5. The average Bonchev–Trinajstić information content (AvgIpc) is 2.88. The van der Waals surface area contributed by atoms with Gasteiger partial charge in [0, 0.05) is 7.11 Å². The Morgan fingerprint density at radius 3 is 2.58 bits per heavy atom. The van der Waals surface area contributed by atoms with Gasteiger partial charge in [-0.2, -0.15) is 0 Å². The van der Waals surface area contributed by atoms with Gasteiger partial charge in [-0.3, -0.25) is 10.0 Å². The molecule has 2 rings (SSSR count). The van der Waals surface area contributed by atoms with Crippen LogP contribution in [0.5, 0.6) is 5.88 Å². The smallest absolute Gasteiger partial charge is 0.329 e. The molecule has 2 aromatic rings. The molecular formula is C16H21N3O5. The summed E-state index contributed by atoms with van der Waals surface area (Å²) in [5.74, 6) is -1.19. The number of carbonyl (C=O) groups is 1. The average molecular weight is 335 g/mol. The molecule has 1 heterocycles. The molecule has 0 bridgehead atoms. The number of hydrogen-bond acceptors (Lipinski definition) is 5. The first-order chi connectivity index (χ1) is 11.5. The number of methoxy groups -OCH3 is 1. The third-order valence-electron chi connectivity index (χ3n) is 3.95. The van der Waals surface area contributed by atoms with E-state index in [1.807, 2.05) is 30.3 Å². The predicted octanol–water partition coefficient (Wildman–Crippen LogP) is 0.749. The number of hydroxylamine groups is 1. The third kappa shape index (κ3) is 3.66. The Labute approximate surface area is 138 Å². The maximum atomic E-state index is 12.2. The van der Waals surface area contributed by atoms with Crippen molar-refractivity contribution in [2.75, 3.05) is 7.11 Å². The molecule has 8 heteroatoms. The number of aromatic hydroxyl groups is 1. The second-order valence-electron chi connectivity index (χ2n) is 5.45. The maximum Gasteiger partial charge on any atom is 0.329 e. The molecule has 24 heavy (non-hydrogen) atoms. The van der Waals surface area contributed by atoms with Crippen molar-refractivity contribution in [1.29, 1.82) is 0 Å². The molecule has 2 unspecified atom stereocenters. The van der Waals surface area contributed by atoms with E-state index >= 15 is 0 Å². The number of H-pyrrole nitrogens is 1. The number of hydrogen-bond donors (Lipinski definition) is 4. The van der Waals surface area contributed by atoms with Crippen molar-refractivity contribution in [2.24, 2.45) is 0 Å². The molecule has 0 aliphatic heterocycles. The molecule has 1 aromatic carbocycles. The van der Waals surface area contributed by atoms with Crippen LogP contribution in [0.3, 0.4) is 0 Å². The van der Waals surface area contributed by atoms with Crippen LogP contribution in [0.4, 0.5) is 0 Å². The molecule has 0 fully saturated rings. The van der Waals surface area contributed by atoms with Crippen molar-refractivity contribution in [3.8, 4) is 5.88 Å². The summed E-state index contributed by atoms with van der Waals surface area (Å²) in [5.41, 5.74) is 2.23. The van der Waals surface area contributed by atoms with Gasteiger partial charge in [-0.25, -0.2) is 14.8 Å². The monoisotopic (exact) mass is 335 g/mol. The third-order valence-corrected chi connectivity index (χ3v) is 3.95. The van der Waals surface area contributed by atoms with E-state index < -0.39 is 23.7 Å². The Morgan fingerprint density at radius 2 is 2.00 bits per heavy atom. The van der Waals surface area contributed by atoms with Gasteiger partial charge in [0.1, 0.15) is 6.04 Å². The molecule has 130 valence electrons. The van der Waals surface area contributed by atoms with Gasteiger partial charge in [0.25, 0.3) is 5.91 Å². The SMILES string of the molecule is COC(C)C(C(=O)NO)n1c(O)c(CCc2ccccc2)[nH]c1=O. The number of benzene rings is 1. The van der Waals surface area contributed by atoms with Crippen LogP contribution in [0, 0.1) is 0 Å². The van der Waals surface area contributed by atoms with Gasteiger partial charge in [0.15, 0.2) is 0 Å². The van der Waals surface area contributed by atoms with Gasteiger partial charge in [-0.1, -0.05) is 30.3 Å². The molecule has 0 spiro atoms. The molecule has 0 aliphatic rings. The van der Waals surface area contributed by atoms with E-state index in [0.717, 1.165) is 10.1 Å². The first kappa shape index (κ1) is 17.8. The highest BCUT2D eigenvalue weighted by Crippen LogP contribution is 2.23. The van der Waals surface area contributed by atoms with Crippen LogP contribution < -0.4 is 11.2 Å². The highest BCUT2D eigenvalue weighted by Gasteiger charge is 2.32. The fraction of sp³-hybridized carbons (Fsp3) is 0.375. The number of rotatable bonds is 7. The fourth-order valence-electron chi connectivity index (χ4n) is 2.57. The second-order valence-corrected chi connectivity index (χ2v) is 5.45. The van der Waals surface area contributed by atoms with E-state index in [1.54, 1.807) is 6.92 Å². The lowest BCUT2D eigenvalue weighted by Crippen LogP contribution is -2.41. The Bertz CT molecular complexity index is 738. The Hall–Kier alpha value is -2.58. The van der Waals surface area contributed by atoms with Crippen LogP contribution in [-0.4, -0.2) is 39.0 Å². The van der Waals surface area contributed by atoms with Gasteiger partial charge >= 0.3 is 5.69 Å². The minimum absolute atomic E-state index is 0.322. The molecule has 0 saturated heterocycles. The standard InChI is InChI=1S/C16H21N3O5/c1-10(24-2)13(14(20)18-23)19-15(21)12(17-16(19)22)9-8-11-6-4-3-5-7-11/h3-7,10,13,21,23H,8-9H2,1-2H3,(H,17,22)(H,18,20). The first-order valence-electron chi connectivity index (χ1n) is 7.52. The summed E-state index contributed by atoms with van der Waals surface area (Å²) in [5, 5.41) is 19.3. The summed E-state index contributed by atoms with van der Waals surface area (Å²) in [6.07, 6.45) is 0.274. The van der Waals surface area contributed by atoms with Crippen LogP contribution in [0.25, 0.3) is 0 Å². The summed E-state index contributed by atoms with van der Waals surface area (Å²) in [4.78, 5) is 26.6. The normalized spacial score (nSPS) is 13.5. The molecular weight excluding hydrogens is 314 g/mol. The van der Waals surface area contributed by atoms with Crippen molar-refractivity contribution < 1.29 is 19.8 Å². The summed E-state index contributed by atoms with van der Waals surface area (Å²) < 4.78 is 5.97. The topological polar surface area (TPSA) is 117 Å². The van der Waals surface area contributed by atoms with Crippen molar-refractivity contribution in [1.82, 2.24) is 15.0 Å². The number of amides is 1. The largest absolute Gasteiger partial charge is 0.493 e. The number of aromatic amines is 1. The quantitative estimate of drug-likeness (QED) is 0.440. The van der Waals surface area contributed by atoms with Gasteiger partial charge in [-0.15, -0.1) is 0 Å². The molecule has 1 aromatic heterocycles. The number of nitrogens with one attached hydrogen (secondary N) is 2. The number of aromatic nitrogens is 2. The molecule has 1 amide bonds. The maximum absolute atomic E-state index is 12.2. The van der Waals surface area contributed by atoms with Crippen molar-refractivity contribution in [2.45, 2.75) is 31.9 Å². The molecule has 4 N–H and O–H groups in total. The summed E-state index contributed by atoms with van der Waals surface area (Å²) in [6.45, 7) is 1.56. The van der Waals surface area contributed by atoms with Crippen LogP contribution in [0.1, 0.15) is 24.2 Å². The predicted molar refractivity (Wildman–Crippen MR) is 86.0 cm³/mol. The van der Waals surface area contributed by atoms with E-state index in [4.69, 9.17) is 9.94 Å². The molecule has 0 radical (unpaired) electrons. The summed E-state index contributed by atoms with van der Waals surface area (Å²) in [7, 11) is 1.37. The lowest BCUT2D eigenvalue weighted by atomic mass is 10.1. The van der Waals surface area contributed by atoms with E-state index in [9.17, 15) is 14.7 Å². The van der Waals surface area contributed by atoms with Crippen molar-refractivity contribution in [3.63, 3.8) is 0 Å². The zero-order chi connectivity index (χ0) is 17.7. The summed E-state index contributed by atoms with van der Waals surface area (Å²) in [6, 6.07) is 8.41. The highest BCUT2D eigenvalue weighted by molar-refractivity contribution is 5.80. The van der Waals surface area contributed by atoms with Crippen LogP contribution >= 0.6 is 0 Å². The fourth-order valence-corrected chi connectivity index (χ4v) is 2.57. The van der Waals surface area contributed by atoms with Gasteiger partial charge < -0.3 is 14.8 Å². The second kappa shape index (κ2) is 7.80. The van der Waals surface area contributed by atoms with Gasteiger partial charge in [-0.05, 0) is 25.3 Å². The zero-order valence-corrected chi connectivity index (χ0v) is 13.5. The lowest BCUT2D eigenvalue weighted by molar-refractivity contribution is -0.136. The van der Waals surface area contributed by atoms with E-state index in [2.05, 4.69) is 4.98 Å². The van der Waals surface area contributed by atoms with Crippen molar-refractivity contribution >= 4 is 5.91 Å². The van der Waals surface area contributed by atoms with Crippen LogP contribution in [-0.2, 0) is 22.4 Å². The number of imidazole rings is 1. The van der Waals surface area contributed by atoms with Crippen LogP contribution in [0.15, 0.2) is 35.1 Å². The number of nitrogens with zero attached hydrogens (tertiary/aromatic N) is 1. The van der Waals surface area contributed by atoms with Crippen molar-refractivity contribution in [3.05, 3.63) is 52.1 Å². The Kier molecular flexibility index (Phi) is 5.78. The Morgan fingerprint density at radius 1 is 1.33 bits per heavy atom. The van der Waals surface area contributed by atoms with Gasteiger partial charge in [0.2, 0.25) is 5.88 Å². The van der Waals surface area contributed by atoms with Crippen LogP contribution in [0.2, 0.25) is 0 Å². The lowest BCUT2D eigenvalue weighted by Gasteiger charge is -2.21. The number of ether oxygens (including phenoxy) is 1. The number of carbonyl (C=O) groups excluding carboxylic acids is 1. The molecule has 8 nitrogen and oxygen atoms in total. The first-order valence-corrected chi connectivity index (χ1v) is 7.52. The van der Waals surface area contributed by atoms with E-state index in [-0.39, 0.29) is 5.88 Å². The molecule has 2 atom stereocenters. The summed E-state index contributed by atoms with van der Waals surface area (Å²) >= 11 is 0. The number of aryl methyl sites for hydroxylation is 2. The Balaban J connectivity index is 2.30. The molecule has 0 aliphatic carbocycles. The highest BCUT2D eigenvalue weighted by atomic mass is 16.5. The van der Waals surface area contributed by atoms with E-state index in [1.165, 1.54) is 12.6 Å².